The van der Waals surface area contributed by atoms with Crippen LogP contribution in [-0.2, 0) is 6.54 Å². The zero-order valence-electron chi connectivity index (χ0n) is 11.5. The standard InChI is InChI=1S/C14H21Cl2NO.ClH/c1-3-5-6-7-17-10-11-8-12(15)14(18-4-2)13(16)9-11;/h8-9,17H,3-7,10H2,1-2H3;1H. The second-order valence-electron chi connectivity index (χ2n) is 4.21. The van der Waals surface area contributed by atoms with Crippen molar-refractivity contribution in [2.75, 3.05) is 13.2 Å². The number of rotatable bonds is 8. The number of hydrogen-bond donors (Lipinski definition) is 1. The van der Waals surface area contributed by atoms with Gasteiger partial charge in [0.15, 0.2) is 5.75 Å². The number of hydrogen-bond acceptors (Lipinski definition) is 2. The molecular formula is C14H22Cl3NO. The first-order valence-corrected chi connectivity index (χ1v) is 7.26. The van der Waals surface area contributed by atoms with Crippen LogP contribution in [-0.4, -0.2) is 13.2 Å². The summed E-state index contributed by atoms with van der Waals surface area (Å²) in [6, 6.07) is 3.82. The lowest BCUT2D eigenvalue weighted by atomic mass is 10.2. The van der Waals surface area contributed by atoms with Crippen LogP contribution in [0, 0.1) is 0 Å². The van der Waals surface area contributed by atoms with Crippen LogP contribution < -0.4 is 10.1 Å². The third-order valence-corrected chi connectivity index (χ3v) is 3.19. The highest BCUT2D eigenvalue weighted by Crippen LogP contribution is 2.34. The molecule has 5 heteroatoms. The lowest BCUT2D eigenvalue weighted by molar-refractivity contribution is 0.340. The van der Waals surface area contributed by atoms with Crippen LogP contribution in [0.3, 0.4) is 0 Å². The van der Waals surface area contributed by atoms with Crippen molar-refractivity contribution in [3.8, 4) is 5.75 Å². The Balaban J connectivity index is 0.00000324. The normalized spacial score (nSPS) is 10.1. The fourth-order valence-corrected chi connectivity index (χ4v) is 2.37. The second kappa shape index (κ2) is 10.6. The van der Waals surface area contributed by atoms with E-state index < -0.39 is 0 Å². The topological polar surface area (TPSA) is 21.3 Å². The van der Waals surface area contributed by atoms with Gasteiger partial charge in [-0.1, -0.05) is 43.0 Å². The molecule has 0 radical (unpaired) electrons. The Bertz CT molecular complexity index is 349. The molecule has 110 valence electrons. The molecule has 1 rings (SSSR count). The molecule has 0 heterocycles. The molecule has 0 aliphatic carbocycles. The second-order valence-corrected chi connectivity index (χ2v) is 5.02. The lowest BCUT2D eigenvalue weighted by Gasteiger charge is -2.11. The first kappa shape index (κ1) is 18.9. The minimum Gasteiger partial charge on any atom is -0.491 e. The largest absolute Gasteiger partial charge is 0.491 e. The van der Waals surface area contributed by atoms with E-state index in [1.54, 1.807) is 0 Å². The van der Waals surface area contributed by atoms with E-state index in [-0.39, 0.29) is 12.4 Å². The van der Waals surface area contributed by atoms with E-state index >= 15 is 0 Å². The summed E-state index contributed by atoms with van der Waals surface area (Å²) in [7, 11) is 0. The Morgan fingerprint density at radius 1 is 1.11 bits per heavy atom. The Labute approximate surface area is 132 Å². The number of halogens is 3. The van der Waals surface area contributed by atoms with Gasteiger partial charge in [0.1, 0.15) is 0 Å². The van der Waals surface area contributed by atoms with Crippen LogP contribution in [0.1, 0.15) is 38.7 Å². The summed E-state index contributed by atoms with van der Waals surface area (Å²) in [5, 5.41) is 4.54. The van der Waals surface area contributed by atoms with Crippen LogP contribution in [0.2, 0.25) is 10.0 Å². The molecule has 19 heavy (non-hydrogen) atoms. The molecule has 0 fully saturated rings. The van der Waals surface area contributed by atoms with Gasteiger partial charge in [0.05, 0.1) is 16.7 Å². The number of nitrogens with one attached hydrogen (secondary N) is 1. The summed E-state index contributed by atoms with van der Waals surface area (Å²) in [5.74, 6) is 0.579. The third kappa shape index (κ3) is 6.71. The molecule has 0 amide bonds. The van der Waals surface area contributed by atoms with Crippen LogP contribution in [0.5, 0.6) is 5.75 Å². The summed E-state index contributed by atoms with van der Waals surface area (Å²) >= 11 is 12.3. The van der Waals surface area contributed by atoms with Crippen LogP contribution in [0.25, 0.3) is 0 Å². The minimum atomic E-state index is 0. The van der Waals surface area contributed by atoms with Gasteiger partial charge in [0.2, 0.25) is 0 Å². The third-order valence-electron chi connectivity index (χ3n) is 2.63. The van der Waals surface area contributed by atoms with E-state index in [1.165, 1.54) is 19.3 Å². The first-order valence-electron chi connectivity index (χ1n) is 6.50. The van der Waals surface area contributed by atoms with E-state index in [0.29, 0.717) is 22.4 Å². The predicted octanol–water partition coefficient (Wildman–Crippen LogP) is 5.09. The molecule has 0 bridgehead atoms. The molecule has 1 N–H and O–H groups in total. The number of ether oxygens (including phenoxy) is 1. The van der Waals surface area contributed by atoms with Gasteiger partial charge < -0.3 is 10.1 Å². The highest BCUT2D eigenvalue weighted by atomic mass is 35.5. The van der Waals surface area contributed by atoms with Gasteiger partial charge >= 0.3 is 0 Å². The molecule has 0 unspecified atom stereocenters. The molecule has 0 aromatic heterocycles. The van der Waals surface area contributed by atoms with Gasteiger partial charge in [-0.15, -0.1) is 12.4 Å². The average Bonchev–Trinajstić information content (AvgIpc) is 2.33. The van der Waals surface area contributed by atoms with Crippen molar-refractivity contribution < 1.29 is 4.74 Å². The van der Waals surface area contributed by atoms with Crippen LogP contribution >= 0.6 is 35.6 Å². The van der Waals surface area contributed by atoms with Gasteiger partial charge in [-0.05, 0) is 37.6 Å². The highest BCUT2D eigenvalue weighted by molar-refractivity contribution is 6.37. The maximum Gasteiger partial charge on any atom is 0.156 e. The molecule has 1 aromatic rings. The average molecular weight is 327 g/mol. The van der Waals surface area contributed by atoms with Crippen molar-refractivity contribution >= 4 is 35.6 Å². The SMILES string of the molecule is CCCCCNCc1cc(Cl)c(OCC)c(Cl)c1.Cl. The monoisotopic (exact) mass is 325 g/mol. The van der Waals surface area contributed by atoms with Gasteiger partial charge in [0, 0.05) is 6.54 Å². The van der Waals surface area contributed by atoms with Crippen molar-refractivity contribution in [2.24, 2.45) is 0 Å². The van der Waals surface area contributed by atoms with E-state index in [0.717, 1.165) is 18.7 Å². The molecule has 1 aromatic carbocycles. The molecule has 0 spiro atoms. The van der Waals surface area contributed by atoms with Crippen molar-refractivity contribution in [3.05, 3.63) is 27.7 Å². The van der Waals surface area contributed by atoms with Gasteiger partial charge in [0.25, 0.3) is 0 Å². The summed E-state index contributed by atoms with van der Waals surface area (Å²) < 4.78 is 5.40. The van der Waals surface area contributed by atoms with Gasteiger partial charge in [-0.2, -0.15) is 0 Å². The fraction of sp³-hybridized carbons (Fsp3) is 0.571. The van der Waals surface area contributed by atoms with Gasteiger partial charge in [-0.3, -0.25) is 0 Å². The number of unbranched alkanes of at least 4 members (excludes halogenated alkanes) is 2. The van der Waals surface area contributed by atoms with Crippen molar-refractivity contribution in [3.63, 3.8) is 0 Å². The highest BCUT2D eigenvalue weighted by Gasteiger charge is 2.08. The smallest absolute Gasteiger partial charge is 0.156 e. The maximum absolute atomic E-state index is 6.14. The molecule has 0 aliphatic heterocycles. The number of benzene rings is 1. The van der Waals surface area contributed by atoms with E-state index in [4.69, 9.17) is 27.9 Å². The Kier molecular flexibility index (Phi) is 10.5. The molecule has 2 nitrogen and oxygen atoms in total. The van der Waals surface area contributed by atoms with E-state index in [1.807, 2.05) is 19.1 Å². The molecule has 0 aliphatic rings. The quantitative estimate of drug-likeness (QED) is 0.672. The molecule has 0 atom stereocenters. The summed E-state index contributed by atoms with van der Waals surface area (Å²) in [5.41, 5.74) is 1.09. The first-order chi connectivity index (χ1) is 8.69. The summed E-state index contributed by atoms with van der Waals surface area (Å²) in [4.78, 5) is 0. The zero-order chi connectivity index (χ0) is 13.4. The summed E-state index contributed by atoms with van der Waals surface area (Å²) in [6.45, 7) is 6.49. The zero-order valence-corrected chi connectivity index (χ0v) is 13.8. The minimum absolute atomic E-state index is 0. The Morgan fingerprint density at radius 2 is 1.74 bits per heavy atom. The predicted molar refractivity (Wildman–Crippen MR) is 86.1 cm³/mol. The Hall–Kier alpha value is -0.150. The van der Waals surface area contributed by atoms with Crippen molar-refractivity contribution in [2.45, 2.75) is 39.7 Å². The van der Waals surface area contributed by atoms with Crippen molar-refractivity contribution in [1.29, 1.82) is 0 Å². The van der Waals surface area contributed by atoms with Gasteiger partial charge in [-0.25, -0.2) is 0 Å². The fourth-order valence-electron chi connectivity index (χ4n) is 1.73. The van der Waals surface area contributed by atoms with Crippen LogP contribution in [0.4, 0.5) is 0 Å². The molecular weight excluding hydrogens is 305 g/mol. The van der Waals surface area contributed by atoms with E-state index in [9.17, 15) is 0 Å². The molecule has 0 saturated carbocycles. The van der Waals surface area contributed by atoms with Crippen molar-refractivity contribution in [1.82, 2.24) is 5.32 Å². The summed E-state index contributed by atoms with van der Waals surface area (Å²) in [6.07, 6.45) is 3.70. The van der Waals surface area contributed by atoms with Crippen LogP contribution in [0.15, 0.2) is 12.1 Å². The maximum atomic E-state index is 6.14. The Morgan fingerprint density at radius 3 is 2.26 bits per heavy atom. The molecule has 0 saturated heterocycles. The van der Waals surface area contributed by atoms with E-state index in [2.05, 4.69) is 12.2 Å². The lowest BCUT2D eigenvalue weighted by Crippen LogP contribution is -2.14.